The summed E-state index contributed by atoms with van der Waals surface area (Å²) in [7, 11) is 1.94. The highest BCUT2D eigenvalue weighted by atomic mass is 79.9. The van der Waals surface area contributed by atoms with E-state index in [9.17, 15) is 8.78 Å². The highest BCUT2D eigenvalue weighted by Gasteiger charge is 2.22. The summed E-state index contributed by atoms with van der Waals surface area (Å²) in [6.07, 6.45) is 1.75. The van der Waals surface area contributed by atoms with Crippen molar-refractivity contribution in [2.24, 2.45) is 4.99 Å². The van der Waals surface area contributed by atoms with Crippen LogP contribution in [0.2, 0.25) is 0 Å². The molecule has 1 heterocycles. The van der Waals surface area contributed by atoms with Crippen LogP contribution in [0.1, 0.15) is 36.7 Å². The minimum Gasteiger partial charge on any atom is -0.381 e. The van der Waals surface area contributed by atoms with E-state index in [0.29, 0.717) is 22.3 Å². The number of nitrogens with zero attached hydrogens (tertiary/aromatic N) is 3. The van der Waals surface area contributed by atoms with Gasteiger partial charge in [-0.2, -0.15) is 0 Å². The molecule has 1 aromatic carbocycles. The molecule has 2 aromatic rings. The summed E-state index contributed by atoms with van der Waals surface area (Å²) in [5.41, 5.74) is 2.60. The topological polar surface area (TPSA) is 37.7 Å². The van der Waals surface area contributed by atoms with Gasteiger partial charge in [0.2, 0.25) is 0 Å². The van der Waals surface area contributed by atoms with Crippen LogP contribution in [0.4, 0.5) is 14.5 Å². The largest absolute Gasteiger partial charge is 0.381 e. The van der Waals surface area contributed by atoms with E-state index in [1.165, 1.54) is 12.1 Å². The maximum absolute atomic E-state index is 13.7. The van der Waals surface area contributed by atoms with Crippen LogP contribution in [-0.4, -0.2) is 43.0 Å². The van der Waals surface area contributed by atoms with Crippen molar-refractivity contribution in [1.82, 2.24) is 9.88 Å². The van der Waals surface area contributed by atoms with Gasteiger partial charge < -0.3 is 9.64 Å². The number of ether oxygens (including phenoxy) is 1. The predicted octanol–water partition coefficient (Wildman–Crippen LogP) is 5.21. The Morgan fingerprint density at radius 1 is 1.22 bits per heavy atom. The van der Waals surface area contributed by atoms with Crippen LogP contribution in [0.3, 0.4) is 0 Å². The number of aryl methyl sites for hydroxylation is 1. The summed E-state index contributed by atoms with van der Waals surface area (Å²) in [5, 5.41) is 0. The Hall–Kier alpha value is -1.86. The van der Waals surface area contributed by atoms with Gasteiger partial charge in [-0.1, -0.05) is 0 Å². The standard InChI is InChI=1S/C20H24BrF2N3O/c1-5-26(4)12-24-19-10-18(21)20(25-13(19)3)17(11-27-6-2)14-7-15(22)9-16(23)8-14/h7-10,12,17H,5-6,11H2,1-4H3. The van der Waals surface area contributed by atoms with Gasteiger partial charge in [-0.3, -0.25) is 4.98 Å². The van der Waals surface area contributed by atoms with Gasteiger partial charge in [-0.25, -0.2) is 13.8 Å². The van der Waals surface area contributed by atoms with Crippen LogP contribution >= 0.6 is 15.9 Å². The lowest BCUT2D eigenvalue weighted by atomic mass is 9.95. The van der Waals surface area contributed by atoms with Crippen LogP contribution in [0.15, 0.2) is 33.7 Å². The molecule has 1 atom stereocenters. The Morgan fingerprint density at radius 3 is 2.48 bits per heavy atom. The Labute approximate surface area is 167 Å². The van der Waals surface area contributed by atoms with Crippen LogP contribution in [0.25, 0.3) is 0 Å². The molecular weight excluding hydrogens is 416 g/mol. The molecule has 1 unspecified atom stereocenters. The van der Waals surface area contributed by atoms with Gasteiger partial charge in [0.25, 0.3) is 0 Å². The second-order valence-electron chi connectivity index (χ2n) is 6.19. The monoisotopic (exact) mass is 439 g/mol. The minimum absolute atomic E-state index is 0.269. The predicted molar refractivity (Wildman–Crippen MR) is 108 cm³/mol. The first kappa shape index (κ1) is 21.4. The molecule has 0 N–H and O–H groups in total. The zero-order valence-corrected chi connectivity index (χ0v) is 17.6. The summed E-state index contributed by atoms with van der Waals surface area (Å²) in [6.45, 7) is 7.38. The number of rotatable bonds is 8. The molecule has 0 radical (unpaired) electrons. The third-order valence-electron chi connectivity index (χ3n) is 4.17. The van der Waals surface area contributed by atoms with Crippen molar-refractivity contribution in [1.29, 1.82) is 0 Å². The van der Waals surface area contributed by atoms with Gasteiger partial charge in [0.05, 0.1) is 35.9 Å². The number of aromatic nitrogens is 1. The van der Waals surface area contributed by atoms with E-state index in [1.807, 2.05) is 38.8 Å². The molecule has 1 aromatic heterocycles. The van der Waals surface area contributed by atoms with Crippen molar-refractivity contribution in [3.05, 3.63) is 57.3 Å². The molecule has 0 aliphatic heterocycles. The smallest absolute Gasteiger partial charge is 0.126 e. The van der Waals surface area contributed by atoms with Gasteiger partial charge in [0.15, 0.2) is 0 Å². The molecule has 0 spiro atoms. The fraction of sp³-hybridized carbons (Fsp3) is 0.400. The van der Waals surface area contributed by atoms with Crippen molar-refractivity contribution in [3.8, 4) is 0 Å². The summed E-state index contributed by atoms with van der Waals surface area (Å²) < 4.78 is 33.8. The second-order valence-corrected chi connectivity index (χ2v) is 7.05. The summed E-state index contributed by atoms with van der Waals surface area (Å²) >= 11 is 3.54. The molecule has 0 aliphatic carbocycles. The highest BCUT2D eigenvalue weighted by Crippen LogP contribution is 2.33. The molecule has 0 fully saturated rings. The molecule has 0 aliphatic rings. The van der Waals surface area contributed by atoms with E-state index in [-0.39, 0.29) is 6.61 Å². The molecule has 0 saturated carbocycles. The molecule has 0 bridgehead atoms. The molecular formula is C20H24BrF2N3O. The third-order valence-corrected chi connectivity index (χ3v) is 4.80. The van der Waals surface area contributed by atoms with Gasteiger partial charge in [-0.05, 0) is 60.5 Å². The van der Waals surface area contributed by atoms with Crippen molar-refractivity contribution >= 4 is 28.0 Å². The molecule has 0 saturated heterocycles. The Balaban J connectivity index is 2.46. The van der Waals surface area contributed by atoms with Crippen molar-refractivity contribution in [2.45, 2.75) is 26.7 Å². The first-order valence-corrected chi connectivity index (χ1v) is 9.60. The number of aliphatic imine (C=N–C) groups is 1. The van der Waals surface area contributed by atoms with Crippen molar-refractivity contribution in [2.75, 3.05) is 26.8 Å². The lowest BCUT2D eigenvalue weighted by Gasteiger charge is -2.20. The highest BCUT2D eigenvalue weighted by molar-refractivity contribution is 9.10. The average Bonchev–Trinajstić information content (AvgIpc) is 2.62. The SMILES string of the molecule is CCOCC(c1cc(F)cc(F)c1)c1nc(C)c(N=CN(C)CC)cc1Br. The molecule has 2 rings (SSSR count). The van der Waals surface area contributed by atoms with Crippen LogP contribution in [-0.2, 0) is 4.74 Å². The van der Waals surface area contributed by atoms with Gasteiger partial charge >= 0.3 is 0 Å². The lowest BCUT2D eigenvalue weighted by molar-refractivity contribution is 0.139. The fourth-order valence-corrected chi connectivity index (χ4v) is 3.13. The van der Waals surface area contributed by atoms with Crippen molar-refractivity contribution in [3.63, 3.8) is 0 Å². The first-order valence-electron chi connectivity index (χ1n) is 8.80. The Kier molecular flexibility index (Phi) is 7.86. The van der Waals surface area contributed by atoms with Gasteiger partial charge in [0.1, 0.15) is 11.6 Å². The maximum Gasteiger partial charge on any atom is 0.126 e. The maximum atomic E-state index is 13.7. The third kappa shape index (κ3) is 5.81. The quantitative estimate of drug-likeness (QED) is 0.418. The zero-order chi connectivity index (χ0) is 20.0. The van der Waals surface area contributed by atoms with E-state index in [0.717, 1.165) is 24.0 Å². The van der Waals surface area contributed by atoms with Crippen molar-refractivity contribution < 1.29 is 13.5 Å². The van der Waals surface area contributed by atoms with E-state index in [4.69, 9.17) is 4.74 Å². The summed E-state index contributed by atoms with van der Waals surface area (Å²) in [6, 6.07) is 5.36. The molecule has 7 heteroatoms. The fourth-order valence-electron chi connectivity index (χ4n) is 2.55. The van der Waals surface area contributed by atoms with Crippen LogP contribution in [0.5, 0.6) is 0 Å². The van der Waals surface area contributed by atoms with E-state index in [1.54, 1.807) is 6.34 Å². The lowest BCUT2D eigenvalue weighted by Crippen LogP contribution is -2.15. The van der Waals surface area contributed by atoms with Gasteiger partial charge in [0, 0.05) is 30.7 Å². The summed E-state index contributed by atoms with van der Waals surface area (Å²) in [4.78, 5) is 11.1. The number of pyridine rings is 1. The Bertz CT molecular complexity index is 794. The molecule has 146 valence electrons. The number of hydrogen-bond acceptors (Lipinski definition) is 3. The van der Waals surface area contributed by atoms with Gasteiger partial charge in [-0.15, -0.1) is 0 Å². The van der Waals surface area contributed by atoms with Crippen LogP contribution < -0.4 is 0 Å². The first-order chi connectivity index (χ1) is 12.8. The number of benzene rings is 1. The number of halogens is 3. The molecule has 0 amide bonds. The number of hydrogen-bond donors (Lipinski definition) is 0. The average molecular weight is 440 g/mol. The van der Waals surface area contributed by atoms with E-state index >= 15 is 0 Å². The molecule has 27 heavy (non-hydrogen) atoms. The minimum atomic E-state index is -0.622. The van der Waals surface area contributed by atoms with E-state index < -0.39 is 17.6 Å². The second kappa shape index (κ2) is 9.90. The molecule has 4 nitrogen and oxygen atoms in total. The zero-order valence-electron chi connectivity index (χ0n) is 16.0. The summed E-state index contributed by atoms with van der Waals surface area (Å²) in [5.74, 6) is -1.65. The normalized spacial score (nSPS) is 12.6. The Morgan fingerprint density at radius 2 is 1.89 bits per heavy atom. The van der Waals surface area contributed by atoms with Crippen LogP contribution in [0, 0.1) is 18.6 Å². The van der Waals surface area contributed by atoms with E-state index in [2.05, 4.69) is 25.9 Å².